The van der Waals surface area contributed by atoms with Gasteiger partial charge in [-0.2, -0.15) is 0 Å². The van der Waals surface area contributed by atoms with Crippen molar-refractivity contribution in [1.82, 2.24) is 9.36 Å². The molecule has 8 heteroatoms. The first-order valence-corrected chi connectivity index (χ1v) is 11.3. The number of hydrogen-bond acceptors (Lipinski definition) is 4. The van der Waals surface area contributed by atoms with Gasteiger partial charge in [0.2, 0.25) is 11.8 Å². The minimum Gasteiger partial charge on any atom is -0.490 e. The van der Waals surface area contributed by atoms with Crippen molar-refractivity contribution >= 4 is 11.6 Å². The molecule has 35 heavy (non-hydrogen) atoms. The smallest absolute Gasteiger partial charge is 0.278 e. The van der Waals surface area contributed by atoms with Crippen LogP contribution in [0.25, 0.3) is 5.69 Å². The predicted molar refractivity (Wildman–Crippen MR) is 130 cm³/mol. The number of hydrogen-bond donors (Lipinski definition) is 1. The fourth-order valence-electron chi connectivity index (χ4n) is 4.24. The standard InChI is InChI=1S/C27H24FN3O4/c1-3-34-23-11-7-8-18-15-21-26(33)31(20-9-5-4-6-10-20)30(27(21)35-25(18)23)16-24(32)29-19-12-13-22(28)17(2)14-19/h4-14H,3,15-16H2,1-2H3,(H,29,32). The Morgan fingerprint density at radius 3 is 2.66 bits per heavy atom. The lowest BCUT2D eigenvalue weighted by atomic mass is 10.0. The van der Waals surface area contributed by atoms with Crippen LogP contribution in [0.2, 0.25) is 0 Å². The summed E-state index contributed by atoms with van der Waals surface area (Å²) in [5.74, 6) is 0.677. The summed E-state index contributed by atoms with van der Waals surface area (Å²) in [4.78, 5) is 26.6. The monoisotopic (exact) mass is 473 g/mol. The maximum absolute atomic E-state index is 13.6. The molecule has 2 heterocycles. The average molecular weight is 474 g/mol. The molecule has 7 nitrogen and oxygen atoms in total. The molecule has 1 N–H and O–H groups in total. The van der Waals surface area contributed by atoms with E-state index < -0.39 is 0 Å². The van der Waals surface area contributed by atoms with E-state index in [1.807, 2.05) is 43.3 Å². The van der Waals surface area contributed by atoms with Gasteiger partial charge in [0.15, 0.2) is 11.5 Å². The van der Waals surface area contributed by atoms with Crippen molar-refractivity contribution in [1.29, 1.82) is 0 Å². The lowest BCUT2D eigenvalue weighted by Crippen LogP contribution is -2.27. The lowest BCUT2D eigenvalue weighted by molar-refractivity contribution is -0.117. The van der Waals surface area contributed by atoms with E-state index in [2.05, 4.69) is 5.32 Å². The third-order valence-electron chi connectivity index (χ3n) is 5.85. The Morgan fingerprint density at radius 2 is 1.91 bits per heavy atom. The Hall–Kier alpha value is -4.33. The second kappa shape index (κ2) is 9.13. The van der Waals surface area contributed by atoms with Gasteiger partial charge in [-0.3, -0.25) is 9.59 Å². The molecule has 0 fully saturated rings. The first-order chi connectivity index (χ1) is 17.0. The van der Waals surface area contributed by atoms with E-state index in [9.17, 15) is 14.0 Å². The van der Waals surface area contributed by atoms with E-state index in [-0.39, 0.29) is 23.8 Å². The Balaban J connectivity index is 1.57. The number of benzene rings is 3. The molecule has 0 spiro atoms. The summed E-state index contributed by atoms with van der Waals surface area (Å²) >= 11 is 0. The average Bonchev–Trinajstić information content (AvgIpc) is 3.11. The summed E-state index contributed by atoms with van der Waals surface area (Å²) in [5.41, 5.74) is 2.53. The van der Waals surface area contributed by atoms with Crippen LogP contribution in [-0.4, -0.2) is 21.9 Å². The Morgan fingerprint density at radius 1 is 1.11 bits per heavy atom. The highest BCUT2D eigenvalue weighted by atomic mass is 19.1. The molecule has 0 saturated heterocycles. The Kier molecular flexibility index (Phi) is 5.86. The molecular formula is C27H24FN3O4. The van der Waals surface area contributed by atoms with Gasteiger partial charge in [0.25, 0.3) is 5.56 Å². The largest absolute Gasteiger partial charge is 0.490 e. The normalized spacial score (nSPS) is 11.9. The first kappa shape index (κ1) is 22.5. The zero-order chi connectivity index (χ0) is 24.5. The molecule has 0 aliphatic carbocycles. The number of rotatable bonds is 6. The quantitative estimate of drug-likeness (QED) is 0.384. The summed E-state index contributed by atoms with van der Waals surface area (Å²) in [7, 11) is 0. The van der Waals surface area contributed by atoms with Crippen molar-refractivity contribution in [3.8, 4) is 23.1 Å². The molecule has 1 amide bonds. The van der Waals surface area contributed by atoms with E-state index >= 15 is 0 Å². The number of carbonyl (C=O) groups is 1. The van der Waals surface area contributed by atoms with Gasteiger partial charge in [0.05, 0.1) is 17.9 Å². The number of carbonyl (C=O) groups excluding carboxylic acids is 1. The van der Waals surface area contributed by atoms with E-state index in [0.29, 0.717) is 52.9 Å². The molecular weight excluding hydrogens is 449 g/mol. The topological polar surface area (TPSA) is 74.5 Å². The van der Waals surface area contributed by atoms with Crippen LogP contribution in [0, 0.1) is 12.7 Å². The van der Waals surface area contributed by atoms with Crippen LogP contribution in [0.4, 0.5) is 10.1 Å². The number of para-hydroxylation sites is 2. The van der Waals surface area contributed by atoms with Crippen molar-refractivity contribution in [2.45, 2.75) is 26.8 Å². The van der Waals surface area contributed by atoms with Crippen LogP contribution in [0.3, 0.4) is 0 Å². The fourth-order valence-corrected chi connectivity index (χ4v) is 4.24. The van der Waals surface area contributed by atoms with Gasteiger partial charge in [-0.05, 0) is 55.8 Å². The summed E-state index contributed by atoms with van der Waals surface area (Å²) in [6.45, 7) is 3.78. The number of anilines is 1. The summed E-state index contributed by atoms with van der Waals surface area (Å²) < 4.78 is 28.6. The molecule has 0 radical (unpaired) electrons. The van der Waals surface area contributed by atoms with Gasteiger partial charge < -0.3 is 14.8 Å². The number of nitrogens with zero attached hydrogens (tertiary/aromatic N) is 2. The van der Waals surface area contributed by atoms with Crippen molar-refractivity contribution < 1.29 is 18.7 Å². The van der Waals surface area contributed by atoms with E-state index in [1.165, 1.54) is 21.5 Å². The van der Waals surface area contributed by atoms with E-state index in [4.69, 9.17) is 9.47 Å². The third-order valence-corrected chi connectivity index (χ3v) is 5.85. The number of halogens is 1. The zero-order valence-corrected chi connectivity index (χ0v) is 19.4. The maximum atomic E-state index is 13.6. The molecule has 1 aliphatic heterocycles. The summed E-state index contributed by atoms with van der Waals surface area (Å²) in [6.07, 6.45) is 0.350. The first-order valence-electron chi connectivity index (χ1n) is 11.3. The Bertz CT molecular complexity index is 1470. The second-order valence-corrected chi connectivity index (χ2v) is 8.26. The van der Waals surface area contributed by atoms with Crippen molar-refractivity contribution in [3.05, 3.63) is 99.6 Å². The highest BCUT2D eigenvalue weighted by Crippen LogP contribution is 2.42. The number of aromatic nitrogens is 2. The molecule has 0 saturated carbocycles. The van der Waals surface area contributed by atoms with Gasteiger partial charge in [-0.1, -0.05) is 30.3 Å². The van der Waals surface area contributed by atoms with Crippen LogP contribution < -0.4 is 20.3 Å². The summed E-state index contributed by atoms with van der Waals surface area (Å²) in [5, 5.41) is 2.78. The lowest BCUT2D eigenvalue weighted by Gasteiger charge is -2.21. The molecule has 1 aromatic heterocycles. The van der Waals surface area contributed by atoms with Gasteiger partial charge in [0, 0.05) is 17.7 Å². The number of fused-ring (bicyclic) bond motifs is 2. The van der Waals surface area contributed by atoms with Gasteiger partial charge in [0.1, 0.15) is 12.4 Å². The van der Waals surface area contributed by atoms with Crippen LogP contribution in [0.1, 0.15) is 23.6 Å². The molecule has 3 aromatic carbocycles. The van der Waals surface area contributed by atoms with E-state index in [0.717, 1.165) is 5.56 Å². The zero-order valence-electron chi connectivity index (χ0n) is 19.4. The predicted octanol–water partition coefficient (Wildman–Crippen LogP) is 4.82. The molecule has 0 unspecified atom stereocenters. The van der Waals surface area contributed by atoms with Crippen LogP contribution in [0.5, 0.6) is 17.4 Å². The molecule has 5 rings (SSSR count). The molecule has 0 bridgehead atoms. The molecule has 4 aromatic rings. The number of amides is 1. The third kappa shape index (κ3) is 4.19. The van der Waals surface area contributed by atoms with Crippen molar-refractivity contribution in [3.63, 3.8) is 0 Å². The minimum absolute atomic E-state index is 0.192. The fraction of sp³-hybridized carbons (Fsp3) is 0.185. The number of nitrogens with one attached hydrogen (secondary N) is 1. The SMILES string of the molecule is CCOc1cccc2c1Oc1c(c(=O)n(-c3ccccc3)n1CC(=O)Nc1ccc(F)c(C)c1)C2. The van der Waals surface area contributed by atoms with Gasteiger partial charge in [-0.25, -0.2) is 13.8 Å². The van der Waals surface area contributed by atoms with Crippen LogP contribution in [0.15, 0.2) is 71.5 Å². The van der Waals surface area contributed by atoms with Crippen LogP contribution >= 0.6 is 0 Å². The second-order valence-electron chi connectivity index (χ2n) is 8.26. The number of ether oxygens (including phenoxy) is 2. The van der Waals surface area contributed by atoms with E-state index in [1.54, 1.807) is 25.1 Å². The van der Waals surface area contributed by atoms with Crippen LogP contribution in [-0.2, 0) is 17.8 Å². The van der Waals surface area contributed by atoms with Crippen molar-refractivity contribution in [2.24, 2.45) is 0 Å². The Labute approximate surface area is 201 Å². The maximum Gasteiger partial charge on any atom is 0.278 e. The molecule has 178 valence electrons. The van der Waals surface area contributed by atoms with Crippen molar-refractivity contribution in [2.75, 3.05) is 11.9 Å². The van der Waals surface area contributed by atoms with Gasteiger partial charge >= 0.3 is 0 Å². The molecule has 1 aliphatic rings. The highest BCUT2D eigenvalue weighted by molar-refractivity contribution is 5.90. The highest BCUT2D eigenvalue weighted by Gasteiger charge is 2.30. The minimum atomic E-state index is -0.383. The summed E-state index contributed by atoms with van der Waals surface area (Å²) in [6, 6.07) is 19.0. The molecule has 0 atom stereocenters. The van der Waals surface area contributed by atoms with Gasteiger partial charge in [-0.15, -0.1) is 0 Å². The number of aryl methyl sites for hydroxylation is 1.